The molecule has 0 aliphatic heterocycles. The maximum Gasteiger partial charge on any atom is 0.335 e. The molecule has 0 aliphatic rings. The topological polar surface area (TPSA) is 86.6 Å². The SMILES string of the molecule is O=C(/C=C/c1ccc(Cl)cc1)Nc1ccc(C(=O)O)cc1O. The number of aromatic hydroxyl groups is 1. The third kappa shape index (κ3) is 4.10. The molecule has 6 heteroatoms. The lowest BCUT2D eigenvalue weighted by Crippen LogP contribution is -2.08. The van der Waals surface area contributed by atoms with E-state index >= 15 is 0 Å². The Labute approximate surface area is 131 Å². The summed E-state index contributed by atoms with van der Waals surface area (Å²) >= 11 is 5.76. The highest BCUT2D eigenvalue weighted by Gasteiger charge is 2.08. The lowest BCUT2D eigenvalue weighted by Gasteiger charge is -2.05. The van der Waals surface area contributed by atoms with Crippen LogP contribution in [0.4, 0.5) is 5.69 Å². The molecule has 5 nitrogen and oxygen atoms in total. The van der Waals surface area contributed by atoms with Gasteiger partial charge in [0.25, 0.3) is 0 Å². The van der Waals surface area contributed by atoms with E-state index in [2.05, 4.69) is 5.32 Å². The molecule has 2 rings (SSSR count). The van der Waals surface area contributed by atoms with Gasteiger partial charge in [0.2, 0.25) is 5.91 Å². The van der Waals surface area contributed by atoms with Gasteiger partial charge in [0.15, 0.2) is 0 Å². The highest BCUT2D eigenvalue weighted by molar-refractivity contribution is 6.30. The van der Waals surface area contributed by atoms with Gasteiger partial charge >= 0.3 is 5.97 Å². The molecule has 0 fully saturated rings. The summed E-state index contributed by atoms with van der Waals surface area (Å²) in [5, 5.41) is 21.5. The van der Waals surface area contributed by atoms with Crippen molar-refractivity contribution in [3.63, 3.8) is 0 Å². The molecule has 0 unspecified atom stereocenters. The molecule has 0 heterocycles. The smallest absolute Gasteiger partial charge is 0.335 e. The number of phenolic OH excluding ortho intramolecular Hbond substituents is 1. The Bertz CT molecular complexity index is 738. The van der Waals surface area contributed by atoms with Crippen molar-refractivity contribution in [1.29, 1.82) is 0 Å². The number of carbonyl (C=O) groups excluding carboxylic acids is 1. The van der Waals surface area contributed by atoms with Gasteiger partial charge in [0, 0.05) is 11.1 Å². The number of anilines is 1. The first kappa shape index (κ1) is 15.6. The van der Waals surface area contributed by atoms with Crippen LogP contribution >= 0.6 is 11.6 Å². The fourth-order valence-corrected chi connectivity index (χ4v) is 1.82. The maximum absolute atomic E-state index is 11.8. The average molecular weight is 318 g/mol. The van der Waals surface area contributed by atoms with Crippen molar-refractivity contribution in [1.82, 2.24) is 0 Å². The fraction of sp³-hybridized carbons (Fsp3) is 0. The summed E-state index contributed by atoms with van der Waals surface area (Å²) in [5.74, 6) is -1.92. The van der Waals surface area contributed by atoms with E-state index in [1.807, 2.05) is 0 Å². The van der Waals surface area contributed by atoms with Crippen LogP contribution in [0.1, 0.15) is 15.9 Å². The second-order valence-electron chi connectivity index (χ2n) is 4.41. The van der Waals surface area contributed by atoms with Crippen molar-refractivity contribution in [2.75, 3.05) is 5.32 Å². The van der Waals surface area contributed by atoms with Crippen molar-refractivity contribution in [2.24, 2.45) is 0 Å². The normalized spacial score (nSPS) is 10.6. The molecule has 0 aliphatic carbocycles. The van der Waals surface area contributed by atoms with Gasteiger partial charge in [-0.2, -0.15) is 0 Å². The summed E-state index contributed by atoms with van der Waals surface area (Å²) in [4.78, 5) is 22.5. The van der Waals surface area contributed by atoms with E-state index in [-0.39, 0.29) is 17.0 Å². The first-order valence-corrected chi connectivity index (χ1v) is 6.64. The minimum Gasteiger partial charge on any atom is -0.506 e. The zero-order chi connectivity index (χ0) is 16.1. The summed E-state index contributed by atoms with van der Waals surface area (Å²) in [7, 11) is 0. The van der Waals surface area contributed by atoms with Crippen LogP contribution in [0.15, 0.2) is 48.5 Å². The van der Waals surface area contributed by atoms with E-state index < -0.39 is 11.9 Å². The summed E-state index contributed by atoms with van der Waals surface area (Å²) in [6.07, 6.45) is 2.89. The third-order valence-corrected chi connectivity index (χ3v) is 3.05. The van der Waals surface area contributed by atoms with Gasteiger partial charge in [-0.15, -0.1) is 0 Å². The van der Waals surface area contributed by atoms with Gasteiger partial charge < -0.3 is 15.5 Å². The van der Waals surface area contributed by atoms with Gasteiger partial charge in [0.05, 0.1) is 11.3 Å². The molecule has 1 amide bonds. The first-order valence-electron chi connectivity index (χ1n) is 6.26. The van der Waals surface area contributed by atoms with Crippen LogP contribution < -0.4 is 5.32 Å². The number of carbonyl (C=O) groups is 2. The number of benzene rings is 2. The molecular weight excluding hydrogens is 306 g/mol. The summed E-state index contributed by atoms with van der Waals surface area (Å²) in [5.41, 5.74) is 0.868. The number of phenols is 1. The summed E-state index contributed by atoms with van der Waals surface area (Å²) < 4.78 is 0. The molecule has 0 radical (unpaired) electrons. The highest BCUT2D eigenvalue weighted by atomic mass is 35.5. The van der Waals surface area contributed by atoms with Crippen molar-refractivity contribution in [2.45, 2.75) is 0 Å². The van der Waals surface area contributed by atoms with Crippen molar-refractivity contribution in [3.05, 3.63) is 64.7 Å². The van der Waals surface area contributed by atoms with Crippen LogP contribution in [0.2, 0.25) is 5.02 Å². The van der Waals surface area contributed by atoms with Gasteiger partial charge in [-0.25, -0.2) is 4.79 Å². The van der Waals surface area contributed by atoms with E-state index in [0.717, 1.165) is 11.6 Å². The molecule has 0 spiro atoms. The van der Waals surface area contributed by atoms with E-state index in [1.165, 1.54) is 18.2 Å². The molecule has 0 aromatic heterocycles. The van der Waals surface area contributed by atoms with E-state index in [0.29, 0.717) is 5.02 Å². The Hall–Kier alpha value is -2.79. The molecule has 2 aromatic rings. The van der Waals surface area contributed by atoms with Gasteiger partial charge in [-0.1, -0.05) is 23.7 Å². The lowest BCUT2D eigenvalue weighted by molar-refractivity contribution is -0.111. The summed E-state index contributed by atoms with van der Waals surface area (Å²) in [6, 6.07) is 10.6. The first-order chi connectivity index (χ1) is 10.5. The number of carboxylic acids is 1. The average Bonchev–Trinajstić information content (AvgIpc) is 2.48. The zero-order valence-corrected chi connectivity index (χ0v) is 12.0. The monoisotopic (exact) mass is 317 g/mol. The van der Waals surface area contributed by atoms with Crippen molar-refractivity contribution < 1.29 is 19.8 Å². The van der Waals surface area contributed by atoms with Crippen molar-refractivity contribution in [3.8, 4) is 5.75 Å². The Balaban J connectivity index is 2.05. The standard InChI is InChI=1S/C16H12ClNO4/c17-12-5-1-10(2-6-12)3-8-15(20)18-13-7-4-11(16(21)22)9-14(13)19/h1-9,19H,(H,18,20)(H,21,22)/b8-3+. The van der Waals surface area contributed by atoms with Crippen LogP contribution in [0.25, 0.3) is 6.08 Å². The predicted octanol–water partition coefficient (Wildman–Crippen LogP) is 3.40. The number of halogens is 1. The van der Waals surface area contributed by atoms with Crippen LogP contribution in [0.3, 0.4) is 0 Å². The molecular formula is C16H12ClNO4. The number of hydrogen-bond donors (Lipinski definition) is 3. The Morgan fingerprint density at radius 3 is 2.36 bits per heavy atom. The van der Waals surface area contributed by atoms with E-state index in [9.17, 15) is 14.7 Å². The number of hydrogen-bond acceptors (Lipinski definition) is 3. The van der Waals surface area contributed by atoms with Crippen LogP contribution in [-0.4, -0.2) is 22.1 Å². The lowest BCUT2D eigenvalue weighted by atomic mass is 10.2. The number of rotatable bonds is 4. The van der Waals surface area contributed by atoms with Gasteiger partial charge in [0.1, 0.15) is 5.75 Å². The number of nitrogens with one attached hydrogen (secondary N) is 1. The van der Waals surface area contributed by atoms with Crippen molar-refractivity contribution >= 4 is 35.2 Å². The Morgan fingerprint density at radius 1 is 1.09 bits per heavy atom. The van der Waals surface area contributed by atoms with Gasteiger partial charge in [-0.3, -0.25) is 4.79 Å². The molecule has 2 aromatic carbocycles. The number of aromatic carboxylic acids is 1. The molecule has 0 bridgehead atoms. The van der Waals surface area contributed by atoms with Crippen LogP contribution in [0, 0.1) is 0 Å². The highest BCUT2D eigenvalue weighted by Crippen LogP contribution is 2.24. The third-order valence-electron chi connectivity index (χ3n) is 2.80. The second-order valence-corrected chi connectivity index (χ2v) is 4.85. The molecule has 3 N–H and O–H groups in total. The molecule has 112 valence electrons. The number of carboxylic acid groups (broad SMARTS) is 1. The van der Waals surface area contributed by atoms with Gasteiger partial charge in [-0.05, 0) is 42.0 Å². The minimum absolute atomic E-state index is 0.0628. The number of amides is 1. The van der Waals surface area contributed by atoms with E-state index in [4.69, 9.17) is 16.7 Å². The Kier molecular flexibility index (Phi) is 4.80. The Morgan fingerprint density at radius 2 is 1.77 bits per heavy atom. The quantitative estimate of drug-likeness (QED) is 0.596. The summed E-state index contributed by atoms with van der Waals surface area (Å²) in [6.45, 7) is 0. The second kappa shape index (κ2) is 6.78. The van der Waals surface area contributed by atoms with Crippen LogP contribution in [-0.2, 0) is 4.79 Å². The fourth-order valence-electron chi connectivity index (χ4n) is 1.69. The molecule has 0 saturated carbocycles. The molecule has 0 atom stereocenters. The largest absolute Gasteiger partial charge is 0.506 e. The predicted molar refractivity (Wildman–Crippen MR) is 84.2 cm³/mol. The van der Waals surface area contributed by atoms with Crippen LogP contribution in [0.5, 0.6) is 5.75 Å². The minimum atomic E-state index is -1.16. The maximum atomic E-state index is 11.8. The molecule has 0 saturated heterocycles. The molecule has 22 heavy (non-hydrogen) atoms. The van der Waals surface area contributed by atoms with E-state index in [1.54, 1.807) is 30.3 Å². The zero-order valence-electron chi connectivity index (χ0n) is 11.3.